The summed E-state index contributed by atoms with van der Waals surface area (Å²) in [4.78, 5) is 24.9. The van der Waals surface area contributed by atoms with Crippen molar-refractivity contribution >= 4 is 21.7 Å². The molecule has 0 aliphatic carbocycles. The molecule has 6 nitrogen and oxygen atoms in total. The van der Waals surface area contributed by atoms with Crippen LogP contribution in [0.4, 0.5) is 0 Å². The summed E-state index contributed by atoms with van der Waals surface area (Å²) in [5.74, 6) is -0.0210. The van der Waals surface area contributed by atoms with Crippen molar-refractivity contribution in [3.63, 3.8) is 0 Å². The van der Waals surface area contributed by atoms with Crippen molar-refractivity contribution in [1.82, 2.24) is 10.2 Å². The van der Waals surface area contributed by atoms with Crippen molar-refractivity contribution in [1.29, 1.82) is 0 Å². The zero-order chi connectivity index (χ0) is 13.2. The average Bonchev–Trinajstić information content (AvgIpc) is 2.50. The van der Waals surface area contributed by atoms with Crippen LogP contribution in [0.3, 0.4) is 0 Å². The van der Waals surface area contributed by atoms with E-state index in [1.165, 1.54) is 4.90 Å². The van der Waals surface area contributed by atoms with Crippen molar-refractivity contribution in [2.24, 2.45) is 5.92 Å². The summed E-state index contributed by atoms with van der Waals surface area (Å²) in [6.45, 7) is 1.26. The van der Waals surface area contributed by atoms with Gasteiger partial charge in [0.05, 0.1) is 18.1 Å². The number of carbonyl (C=O) groups excluding carboxylic acids is 2. The van der Waals surface area contributed by atoms with Gasteiger partial charge in [0.1, 0.15) is 0 Å². The molecule has 7 heteroatoms. The van der Waals surface area contributed by atoms with Crippen LogP contribution in [0.2, 0.25) is 0 Å². The maximum absolute atomic E-state index is 12.0. The van der Waals surface area contributed by atoms with Gasteiger partial charge in [-0.1, -0.05) is 0 Å². The lowest BCUT2D eigenvalue weighted by Crippen LogP contribution is -2.38. The van der Waals surface area contributed by atoms with E-state index in [0.717, 1.165) is 6.42 Å². The van der Waals surface area contributed by atoms with E-state index >= 15 is 0 Å². The van der Waals surface area contributed by atoms with E-state index in [1.54, 1.807) is 0 Å². The fourth-order valence-electron chi connectivity index (χ4n) is 2.43. The van der Waals surface area contributed by atoms with Gasteiger partial charge in [-0.15, -0.1) is 0 Å². The molecule has 2 saturated heterocycles. The zero-order valence-corrected chi connectivity index (χ0v) is 11.0. The van der Waals surface area contributed by atoms with Gasteiger partial charge in [0, 0.05) is 19.5 Å². The normalized spacial score (nSPS) is 27.7. The maximum Gasteiger partial charge on any atom is 0.239 e. The number of sulfone groups is 1. The van der Waals surface area contributed by atoms with E-state index in [9.17, 15) is 18.0 Å². The van der Waals surface area contributed by atoms with Crippen LogP contribution in [0.5, 0.6) is 0 Å². The molecule has 2 heterocycles. The van der Waals surface area contributed by atoms with Crippen LogP contribution in [0.25, 0.3) is 0 Å². The van der Waals surface area contributed by atoms with Crippen LogP contribution < -0.4 is 5.32 Å². The minimum absolute atomic E-state index is 0.0752. The Balaban J connectivity index is 1.89. The molecule has 1 N–H and O–H groups in total. The summed E-state index contributed by atoms with van der Waals surface area (Å²) in [5.41, 5.74) is 0. The first-order chi connectivity index (χ1) is 8.46. The topological polar surface area (TPSA) is 83.6 Å². The highest BCUT2D eigenvalue weighted by Crippen LogP contribution is 2.22. The van der Waals surface area contributed by atoms with Crippen molar-refractivity contribution in [3.05, 3.63) is 0 Å². The van der Waals surface area contributed by atoms with Gasteiger partial charge in [-0.2, -0.15) is 0 Å². The van der Waals surface area contributed by atoms with Crippen LogP contribution in [0, 0.1) is 5.92 Å². The third-order valence-corrected chi connectivity index (χ3v) is 5.24. The predicted octanol–water partition coefficient (Wildman–Crippen LogP) is -0.840. The van der Waals surface area contributed by atoms with Gasteiger partial charge in [-0.05, 0) is 18.8 Å². The minimum Gasteiger partial charge on any atom is -0.354 e. The second kappa shape index (κ2) is 5.26. The second-order valence-corrected chi connectivity index (χ2v) is 7.22. The fraction of sp³-hybridized carbons (Fsp3) is 0.818. The van der Waals surface area contributed by atoms with Crippen LogP contribution in [0.15, 0.2) is 0 Å². The highest BCUT2D eigenvalue weighted by Gasteiger charge is 2.31. The number of hydrogen-bond donors (Lipinski definition) is 1. The van der Waals surface area contributed by atoms with Crippen LogP contribution in [-0.2, 0) is 19.4 Å². The zero-order valence-electron chi connectivity index (χ0n) is 10.2. The van der Waals surface area contributed by atoms with E-state index in [4.69, 9.17) is 0 Å². The van der Waals surface area contributed by atoms with Crippen LogP contribution in [0.1, 0.15) is 19.3 Å². The highest BCUT2D eigenvalue weighted by molar-refractivity contribution is 7.91. The van der Waals surface area contributed by atoms with E-state index in [1.807, 2.05) is 0 Å². The lowest BCUT2D eigenvalue weighted by molar-refractivity contribution is -0.135. The molecule has 2 amide bonds. The van der Waals surface area contributed by atoms with Crippen LogP contribution in [-0.4, -0.2) is 56.3 Å². The number of nitrogens with one attached hydrogen (secondary N) is 1. The summed E-state index contributed by atoms with van der Waals surface area (Å²) >= 11 is 0. The fourth-order valence-corrected chi connectivity index (χ4v) is 4.29. The quantitative estimate of drug-likeness (QED) is 0.711. The van der Waals surface area contributed by atoms with Gasteiger partial charge in [-0.3, -0.25) is 9.59 Å². The smallest absolute Gasteiger partial charge is 0.239 e. The van der Waals surface area contributed by atoms with Gasteiger partial charge in [0.15, 0.2) is 9.84 Å². The average molecular weight is 274 g/mol. The summed E-state index contributed by atoms with van der Waals surface area (Å²) in [6.07, 6.45) is 1.56. The Kier molecular flexibility index (Phi) is 3.89. The Bertz CT molecular complexity index is 446. The largest absolute Gasteiger partial charge is 0.354 e. The Labute approximate surface area is 107 Å². The van der Waals surface area contributed by atoms with Crippen molar-refractivity contribution < 1.29 is 18.0 Å². The van der Waals surface area contributed by atoms with Crippen LogP contribution >= 0.6 is 0 Å². The molecule has 18 heavy (non-hydrogen) atoms. The molecule has 102 valence electrons. The van der Waals surface area contributed by atoms with Gasteiger partial charge in [-0.25, -0.2) is 8.42 Å². The Hall–Kier alpha value is -1.11. The number of hydrogen-bond acceptors (Lipinski definition) is 4. The molecule has 0 aromatic heterocycles. The SMILES string of the molecule is O=C1CN(C(=O)CC2CCS(=O)(=O)C2)CCCN1. The standard InChI is InChI=1S/C11H18N2O4S/c14-10-7-13(4-1-3-12-10)11(15)6-9-2-5-18(16,17)8-9/h9H,1-8H2,(H,12,14). The molecule has 0 bridgehead atoms. The molecule has 2 rings (SSSR count). The highest BCUT2D eigenvalue weighted by atomic mass is 32.2. The Morgan fingerprint density at radius 2 is 2.22 bits per heavy atom. The van der Waals surface area contributed by atoms with Crippen molar-refractivity contribution in [2.45, 2.75) is 19.3 Å². The maximum atomic E-state index is 12.0. The molecule has 0 radical (unpaired) electrons. The lowest BCUT2D eigenvalue weighted by Gasteiger charge is -2.20. The second-order valence-electron chi connectivity index (χ2n) is 4.99. The molecule has 2 fully saturated rings. The van der Waals surface area contributed by atoms with E-state index < -0.39 is 9.84 Å². The first kappa shape index (κ1) is 13.3. The van der Waals surface area contributed by atoms with Gasteiger partial charge in [0.25, 0.3) is 0 Å². The first-order valence-electron chi connectivity index (χ1n) is 6.21. The minimum atomic E-state index is -2.94. The molecule has 0 saturated carbocycles. The number of nitrogens with zero attached hydrogens (tertiary/aromatic N) is 1. The van der Waals surface area contributed by atoms with Gasteiger partial charge >= 0.3 is 0 Å². The monoisotopic (exact) mass is 274 g/mol. The molecule has 0 spiro atoms. The number of amides is 2. The molecule has 0 aromatic rings. The third-order valence-electron chi connectivity index (χ3n) is 3.40. The Morgan fingerprint density at radius 3 is 2.89 bits per heavy atom. The van der Waals surface area contributed by atoms with Gasteiger partial charge in [0.2, 0.25) is 11.8 Å². The summed E-state index contributed by atoms with van der Waals surface area (Å²) < 4.78 is 22.6. The van der Waals surface area contributed by atoms with Crippen molar-refractivity contribution in [2.75, 3.05) is 31.1 Å². The van der Waals surface area contributed by atoms with Crippen molar-refractivity contribution in [3.8, 4) is 0 Å². The molecule has 0 aromatic carbocycles. The lowest BCUT2D eigenvalue weighted by atomic mass is 10.0. The van der Waals surface area contributed by atoms with E-state index in [0.29, 0.717) is 19.5 Å². The molecule has 2 aliphatic heterocycles. The number of rotatable bonds is 2. The summed E-state index contributed by atoms with van der Waals surface area (Å²) in [5, 5.41) is 2.71. The summed E-state index contributed by atoms with van der Waals surface area (Å²) in [7, 11) is -2.94. The number of carbonyl (C=O) groups is 2. The molecular weight excluding hydrogens is 256 g/mol. The summed E-state index contributed by atoms with van der Waals surface area (Å²) in [6, 6.07) is 0. The Morgan fingerprint density at radius 1 is 1.44 bits per heavy atom. The molecule has 1 atom stereocenters. The third kappa shape index (κ3) is 3.44. The molecule has 1 unspecified atom stereocenters. The predicted molar refractivity (Wildman–Crippen MR) is 65.6 cm³/mol. The van der Waals surface area contributed by atoms with Gasteiger partial charge < -0.3 is 10.2 Å². The first-order valence-corrected chi connectivity index (χ1v) is 8.03. The molecular formula is C11H18N2O4S. The van der Waals surface area contributed by atoms with E-state index in [2.05, 4.69) is 5.32 Å². The van der Waals surface area contributed by atoms with E-state index in [-0.39, 0.29) is 42.2 Å². The molecule has 2 aliphatic rings.